The Hall–Kier alpha value is -1.10. The molecule has 0 aliphatic rings. The van der Waals surface area contributed by atoms with E-state index in [4.69, 9.17) is 9.84 Å². The number of carboxylic acids is 1. The van der Waals surface area contributed by atoms with Crippen molar-refractivity contribution in [3.8, 4) is 5.75 Å². The number of ether oxygens (including phenoxy) is 1. The lowest BCUT2D eigenvalue weighted by atomic mass is 9.95. The summed E-state index contributed by atoms with van der Waals surface area (Å²) in [5.41, 5.74) is -0.996. The van der Waals surface area contributed by atoms with Gasteiger partial charge in [0.1, 0.15) is 18.2 Å². The van der Waals surface area contributed by atoms with Crippen LogP contribution in [0.25, 0.3) is 0 Å². The molecule has 0 atom stereocenters. The molecular formula is C11H12BrFO3. The second-order valence-corrected chi connectivity index (χ2v) is 4.91. The lowest BCUT2D eigenvalue weighted by Crippen LogP contribution is -2.30. The third kappa shape index (κ3) is 3.20. The van der Waals surface area contributed by atoms with Crippen molar-refractivity contribution in [1.82, 2.24) is 0 Å². The normalized spacial score (nSPS) is 11.2. The van der Waals surface area contributed by atoms with Gasteiger partial charge in [-0.2, -0.15) is 0 Å². The lowest BCUT2D eigenvalue weighted by Gasteiger charge is -2.19. The van der Waals surface area contributed by atoms with Crippen LogP contribution in [0, 0.1) is 11.2 Å². The van der Waals surface area contributed by atoms with Crippen molar-refractivity contribution in [2.45, 2.75) is 13.8 Å². The second kappa shape index (κ2) is 4.82. The maximum absolute atomic E-state index is 13.1. The summed E-state index contributed by atoms with van der Waals surface area (Å²) in [4.78, 5) is 10.8. The molecule has 1 N–H and O–H groups in total. The van der Waals surface area contributed by atoms with Crippen molar-refractivity contribution in [3.05, 3.63) is 28.5 Å². The van der Waals surface area contributed by atoms with Crippen LogP contribution in [-0.4, -0.2) is 17.7 Å². The first-order valence-electron chi connectivity index (χ1n) is 4.64. The Kier molecular flexibility index (Phi) is 3.91. The van der Waals surface area contributed by atoms with Crippen LogP contribution < -0.4 is 4.74 Å². The Labute approximate surface area is 101 Å². The molecule has 5 heteroatoms. The molecule has 0 aliphatic heterocycles. The Bertz CT molecular complexity index is 404. The van der Waals surface area contributed by atoms with Crippen LogP contribution in [0.5, 0.6) is 5.75 Å². The van der Waals surface area contributed by atoms with E-state index in [9.17, 15) is 9.18 Å². The zero-order valence-corrected chi connectivity index (χ0v) is 10.5. The molecule has 1 rings (SSSR count). The molecule has 88 valence electrons. The van der Waals surface area contributed by atoms with E-state index in [0.29, 0.717) is 10.2 Å². The van der Waals surface area contributed by atoms with Crippen LogP contribution in [0.2, 0.25) is 0 Å². The fraction of sp³-hybridized carbons (Fsp3) is 0.364. The minimum atomic E-state index is -0.996. The van der Waals surface area contributed by atoms with E-state index in [1.807, 2.05) is 0 Å². The molecule has 0 fully saturated rings. The molecule has 0 spiro atoms. The highest BCUT2D eigenvalue weighted by Crippen LogP contribution is 2.23. The number of carbonyl (C=O) groups is 1. The van der Waals surface area contributed by atoms with E-state index in [0.717, 1.165) is 0 Å². The van der Waals surface area contributed by atoms with Crippen molar-refractivity contribution in [3.63, 3.8) is 0 Å². The molecule has 0 heterocycles. The highest BCUT2D eigenvalue weighted by molar-refractivity contribution is 9.10. The van der Waals surface area contributed by atoms with Gasteiger partial charge in [0.25, 0.3) is 0 Å². The summed E-state index contributed by atoms with van der Waals surface area (Å²) >= 11 is 3.02. The molecule has 0 amide bonds. The molecule has 0 unspecified atom stereocenters. The SMILES string of the molecule is CC(C)(COc1ccc(Br)c(F)c1)C(=O)O. The van der Waals surface area contributed by atoms with Gasteiger partial charge in [-0.15, -0.1) is 0 Å². The standard InChI is InChI=1S/C11H12BrFO3/c1-11(2,10(14)15)6-16-7-3-4-8(12)9(13)5-7/h3-5H,6H2,1-2H3,(H,14,15). The predicted octanol–water partition coefficient (Wildman–Crippen LogP) is 3.08. The first kappa shape index (κ1) is 13.0. The van der Waals surface area contributed by atoms with Crippen LogP contribution in [0.3, 0.4) is 0 Å². The Balaban J connectivity index is 2.68. The average Bonchev–Trinajstić information content (AvgIpc) is 2.20. The zero-order chi connectivity index (χ0) is 12.3. The van der Waals surface area contributed by atoms with Crippen LogP contribution in [-0.2, 0) is 4.79 Å². The van der Waals surface area contributed by atoms with E-state index >= 15 is 0 Å². The van der Waals surface area contributed by atoms with Crippen LogP contribution in [0.15, 0.2) is 22.7 Å². The third-order valence-electron chi connectivity index (χ3n) is 2.07. The number of halogens is 2. The van der Waals surface area contributed by atoms with E-state index in [1.165, 1.54) is 12.1 Å². The molecule has 0 saturated carbocycles. The number of hydrogen-bond donors (Lipinski definition) is 1. The first-order chi connectivity index (χ1) is 7.33. The Morgan fingerprint density at radius 3 is 2.69 bits per heavy atom. The second-order valence-electron chi connectivity index (χ2n) is 4.05. The van der Waals surface area contributed by atoms with Gasteiger partial charge < -0.3 is 9.84 Å². The van der Waals surface area contributed by atoms with Crippen LogP contribution in [0.4, 0.5) is 4.39 Å². The largest absolute Gasteiger partial charge is 0.492 e. The number of aliphatic carboxylic acids is 1. The molecular weight excluding hydrogens is 279 g/mol. The summed E-state index contributed by atoms with van der Waals surface area (Å²) in [5, 5.41) is 8.86. The van der Waals surface area contributed by atoms with Crippen molar-refractivity contribution < 1.29 is 19.0 Å². The molecule has 16 heavy (non-hydrogen) atoms. The maximum Gasteiger partial charge on any atom is 0.312 e. The summed E-state index contributed by atoms with van der Waals surface area (Å²) in [6.07, 6.45) is 0. The fourth-order valence-electron chi connectivity index (χ4n) is 0.892. The van der Waals surface area contributed by atoms with Gasteiger partial charge in [0.05, 0.1) is 9.89 Å². The van der Waals surface area contributed by atoms with Gasteiger partial charge in [-0.1, -0.05) is 0 Å². The smallest absolute Gasteiger partial charge is 0.312 e. The van der Waals surface area contributed by atoms with Gasteiger partial charge in [-0.3, -0.25) is 4.79 Å². The van der Waals surface area contributed by atoms with Gasteiger partial charge in [-0.25, -0.2) is 4.39 Å². The quantitative estimate of drug-likeness (QED) is 0.927. The molecule has 3 nitrogen and oxygen atoms in total. The highest BCUT2D eigenvalue weighted by atomic mass is 79.9. The molecule has 1 aromatic rings. The Morgan fingerprint density at radius 1 is 1.56 bits per heavy atom. The highest BCUT2D eigenvalue weighted by Gasteiger charge is 2.28. The zero-order valence-electron chi connectivity index (χ0n) is 8.96. The minimum Gasteiger partial charge on any atom is -0.492 e. The predicted molar refractivity (Wildman–Crippen MR) is 61.0 cm³/mol. The average molecular weight is 291 g/mol. The topological polar surface area (TPSA) is 46.5 Å². The first-order valence-corrected chi connectivity index (χ1v) is 5.43. The van der Waals surface area contributed by atoms with Crippen LogP contribution in [0.1, 0.15) is 13.8 Å². The van der Waals surface area contributed by atoms with Crippen molar-refractivity contribution >= 4 is 21.9 Å². The van der Waals surface area contributed by atoms with E-state index in [2.05, 4.69) is 15.9 Å². The summed E-state index contributed by atoms with van der Waals surface area (Å²) in [5.74, 6) is -1.08. The Morgan fingerprint density at radius 2 is 2.19 bits per heavy atom. The monoisotopic (exact) mass is 290 g/mol. The molecule has 1 aromatic carbocycles. The molecule has 0 radical (unpaired) electrons. The molecule has 0 saturated heterocycles. The van der Waals surface area contributed by atoms with E-state index < -0.39 is 17.2 Å². The van der Waals surface area contributed by atoms with Crippen molar-refractivity contribution in [2.24, 2.45) is 5.41 Å². The maximum atomic E-state index is 13.1. The fourth-order valence-corrected chi connectivity index (χ4v) is 1.14. The summed E-state index contributed by atoms with van der Waals surface area (Å²) in [6, 6.07) is 4.30. The lowest BCUT2D eigenvalue weighted by molar-refractivity contribution is -0.148. The molecule has 0 bridgehead atoms. The van der Waals surface area contributed by atoms with Gasteiger partial charge in [-0.05, 0) is 41.9 Å². The van der Waals surface area contributed by atoms with E-state index in [-0.39, 0.29) is 6.61 Å². The number of hydrogen-bond acceptors (Lipinski definition) is 2. The van der Waals surface area contributed by atoms with Crippen molar-refractivity contribution in [2.75, 3.05) is 6.61 Å². The van der Waals surface area contributed by atoms with E-state index in [1.54, 1.807) is 19.9 Å². The molecule has 0 aromatic heterocycles. The number of benzene rings is 1. The minimum absolute atomic E-state index is 0.0105. The summed E-state index contributed by atoms with van der Waals surface area (Å²) in [7, 11) is 0. The van der Waals surface area contributed by atoms with Crippen molar-refractivity contribution in [1.29, 1.82) is 0 Å². The summed E-state index contributed by atoms with van der Waals surface area (Å²) in [6.45, 7) is 3.08. The van der Waals surface area contributed by atoms with Gasteiger partial charge >= 0.3 is 5.97 Å². The number of carboxylic acid groups (broad SMARTS) is 1. The van der Waals surface area contributed by atoms with Gasteiger partial charge in [0, 0.05) is 6.07 Å². The number of rotatable bonds is 4. The van der Waals surface area contributed by atoms with Crippen LogP contribution >= 0.6 is 15.9 Å². The third-order valence-corrected chi connectivity index (χ3v) is 2.71. The van der Waals surface area contributed by atoms with Gasteiger partial charge in [0.2, 0.25) is 0 Å². The summed E-state index contributed by atoms with van der Waals surface area (Å²) < 4.78 is 18.7. The molecule has 0 aliphatic carbocycles. The van der Waals surface area contributed by atoms with Gasteiger partial charge in [0.15, 0.2) is 0 Å².